The minimum absolute atomic E-state index is 0. The van der Waals surface area contributed by atoms with Gasteiger partial charge in [0, 0.05) is 0 Å². The summed E-state index contributed by atoms with van der Waals surface area (Å²) >= 11 is 0. The van der Waals surface area contributed by atoms with Gasteiger partial charge in [-0.25, -0.2) is 0 Å². The molecular weight excluding hydrogens is 74.0 g/mol. The first kappa shape index (κ1) is 8.89. The van der Waals surface area contributed by atoms with Crippen LogP contribution in [0.5, 0.6) is 0 Å². The van der Waals surface area contributed by atoms with Crippen molar-refractivity contribution < 1.29 is 5.09 Å². The summed E-state index contributed by atoms with van der Waals surface area (Å²) in [5, 5.41) is 14.8. The van der Waals surface area contributed by atoms with Crippen LogP contribution in [-0.2, 0) is 0 Å². The third kappa shape index (κ3) is 7.20. The van der Waals surface area contributed by atoms with Crippen molar-refractivity contribution in [2.45, 2.75) is 7.43 Å². The number of rotatable bonds is 0. The molecule has 0 atom stereocenters. The first-order chi connectivity index (χ1) is 1.73. The topological polar surface area (TPSA) is 66.2 Å². The van der Waals surface area contributed by atoms with Crippen molar-refractivity contribution in [3.05, 3.63) is 15.3 Å². The monoisotopic (exact) mass is 78.0 g/mol. The van der Waals surface area contributed by atoms with Crippen molar-refractivity contribution in [1.29, 1.82) is 0 Å². The standard InChI is InChI=1S/CH4.NO3/c;2-1(3)4/h1H4;/q;-1. The number of hydrogen-bond acceptors (Lipinski definition) is 3. The lowest BCUT2D eigenvalue weighted by molar-refractivity contribution is -0.402. The molecule has 0 heterocycles. The van der Waals surface area contributed by atoms with Gasteiger partial charge in [-0.15, -0.1) is 0 Å². The zero-order valence-electron chi connectivity index (χ0n) is 1.67. The molecule has 0 aromatic heterocycles. The molecule has 0 saturated carbocycles. The molecule has 0 aromatic carbocycles. The second kappa shape index (κ2) is 3.20. The molecule has 0 bridgehead atoms. The molecule has 0 aromatic rings. The van der Waals surface area contributed by atoms with Gasteiger partial charge in [-0.3, -0.25) is 0 Å². The Kier molecular flexibility index (Phi) is 5.69. The fourth-order valence-electron chi connectivity index (χ4n) is 0. The maximum absolute atomic E-state index is 8.25. The summed E-state index contributed by atoms with van der Waals surface area (Å²) in [5.74, 6) is 0. The van der Waals surface area contributed by atoms with Crippen molar-refractivity contribution in [2.24, 2.45) is 0 Å². The normalized spacial score (nSPS) is 4.80. The van der Waals surface area contributed by atoms with Gasteiger partial charge in [-0.1, -0.05) is 7.43 Å². The Morgan fingerprint density at radius 1 is 1.40 bits per heavy atom. The summed E-state index contributed by atoms with van der Waals surface area (Å²) in [6, 6.07) is 0. The molecule has 0 spiro atoms. The zero-order chi connectivity index (χ0) is 3.58. The van der Waals surface area contributed by atoms with Crippen LogP contribution in [0.1, 0.15) is 7.43 Å². The van der Waals surface area contributed by atoms with Crippen LogP contribution in [0.3, 0.4) is 0 Å². The van der Waals surface area contributed by atoms with Gasteiger partial charge in [-0.2, -0.15) is 0 Å². The van der Waals surface area contributed by atoms with Crippen molar-refractivity contribution in [1.82, 2.24) is 0 Å². The quantitative estimate of drug-likeness (QED) is 0.311. The van der Waals surface area contributed by atoms with Gasteiger partial charge in [0.1, 0.15) is 0 Å². The Labute approximate surface area is 29.1 Å². The highest BCUT2D eigenvalue weighted by atomic mass is 16.9. The molecule has 0 aliphatic carbocycles. The summed E-state index contributed by atoms with van der Waals surface area (Å²) < 4.78 is 0. The van der Waals surface area contributed by atoms with Crippen molar-refractivity contribution in [2.75, 3.05) is 0 Å². The molecule has 0 radical (unpaired) electrons. The van der Waals surface area contributed by atoms with Crippen LogP contribution in [0.25, 0.3) is 0 Å². The van der Waals surface area contributed by atoms with Gasteiger partial charge in [0.2, 0.25) is 0 Å². The predicted molar refractivity (Wildman–Crippen MR) is 17.1 cm³/mol. The summed E-state index contributed by atoms with van der Waals surface area (Å²) in [5.41, 5.74) is 0. The zero-order valence-corrected chi connectivity index (χ0v) is 1.67. The van der Waals surface area contributed by atoms with Crippen LogP contribution in [0.15, 0.2) is 0 Å². The van der Waals surface area contributed by atoms with Gasteiger partial charge in [-0.05, 0) is 0 Å². The molecule has 0 aliphatic rings. The molecule has 0 unspecified atom stereocenters. The van der Waals surface area contributed by atoms with E-state index in [0.29, 0.717) is 0 Å². The highest BCUT2D eigenvalue weighted by Gasteiger charge is 1.45. The lowest BCUT2D eigenvalue weighted by Gasteiger charge is -1.74. The first-order valence-corrected chi connectivity index (χ1v) is 0.548. The van der Waals surface area contributed by atoms with Crippen LogP contribution in [0.4, 0.5) is 0 Å². The Balaban J connectivity index is 0. The van der Waals surface area contributed by atoms with Crippen LogP contribution >= 0.6 is 0 Å². The maximum atomic E-state index is 8.25. The van der Waals surface area contributed by atoms with E-state index < -0.39 is 5.09 Å². The molecule has 4 nitrogen and oxygen atoms in total. The van der Waals surface area contributed by atoms with Crippen LogP contribution < -0.4 is 0 Å². The number of nitrogens with zero attached hydrogens (tertiary/aromatic N) is 1. The minimum atomic E-state index is -1.75. The Hall–Kier alpha value is -0.800. The van der Waals surface area contributed by atoms with E-state index in [1.807, 2.05) is 0 Å². The third-order valence-corrected chi connectivity index (χ3v) is 0. The molecule has 5 heavy (non-hydrogen) atoms. The Morgan fingerprint density at radius 3 is 1.40 bits per heavy atom. The molecule has 0 aliphatic heterocycles. The molecular formula is CH4NO3-. The highest BCUT2D eigenvalue weighted by molar-refractivity contribution is 4.03. The SMILES string of the molecule is C.O=[N+]([O-])[O-]. The van der Waals surface area contributed by atoms with Crippen molar-refractivity contribution >= 4 is 0 Å². The van der Waals surface area contributed by atoms with Crippen LogP contribution in [0.2, 0.25) is 0 Å². The predicted octanol–water partition coefficient (Wildman–Crippen LogP) is 0.397. The molecule has 4 heteroatoms. The highest BCUT2D eigenvalue weighted by Crippen LogP contribution is 1.44. The van der Waals surface area contributed by atoms with Crippen molar-refractivity contribution in [3.8, 4) is 0 Å². The average Bonchev–Trinajstić information content (AvgIpc) is 0.811. The van der Waals surface area contributed by atoms with Gasteiger partial charge < -0.3 is 15.3 Å². The average molecular weight is 78.0 g/mol. The van der Waals surface area contributed by atoms with E-state index in [9.17, 15) is 0 Å². The summed E-state index contributed by atoms with van der Waals surface area (Å²) in [6.07, 6.45) is 0. The molecule has 0 saturated heterocycles. The Bertz CT molecular complexity index is 29.9. The third-order valence-electron chi connectivity index (χ3n) is 0. The largest absolute Gasteiger partial charge is 0.356 e. The smallest absolute Gasteiger partial charge is 0.0689 e. The van der Waals surface area contributed by atoms with E-state index in [4.69, 9.17) is 15.3 Å². The van der Waals surface area contributed by atoms with Crippen LogP contribution in [0, 0.1) is 15.3 Å². The van der Waals surface area contributed by atoms with Gasteiger partial charge in [0.15, 0.2) is 0 Å². The van der Waals surface area contributed by atoms with Crippen molar-refractivity contribution in [3.63, 3.8) is 0 Å². The van der Waals surface area contributed by atoms with E-state index in [1.165, 1.54) is 0 Å². The summed E-state index contributed by atoms with van der Waals surface area (Å²) in [6.45, 7) is 0. The maximum Gasteiger partial charge on any atom is 0.0689 e. The van der Waals surface area contributed by atoms with E-state index >= 15 is 0 Å². The summed E-state index contributed by atoms with van der Waals surface area (Å²) in [7, 11) is 0. The van der Waals surface area contributed by atoms with Gasteiger partial charge >= 0.3 is 0 Å². The molecule has 0 N–H and O–H groups in total. The minimum Gasteiger partial charge on any atom is -0.356 e. The van der Waals surface area contributed by atoms with Gasteiger partial charge in [0.05, 0.1) is 5.09 Å². The fraction of sp³-hybridized carbons (Fsp3) is 1.00. The lowest BCUT2D eigenvalue weighted by Crippen LogP contribution is -1.74. The molecule has 0 fully saturated rings. The summed E-state index contributed by atoms with van der Waals surface area (Å²) in [4.78, 5) is 8.25. The second-order valence-electron chi connectivity index (χ2n) is 0.224. The van der Waals surface area contributed by atoms with Crippen LogP contribution in [-0.4, -0.2) is 5.09 Å². The van der Waals surface area contributed by atoms with E-state index in [1.54, 1.807) is 0 Å². The fourth-order valence-corrected chi connectivity index (χ4v) is 0. The molecule has 32 valence electrons. The molecule has 0 rings (SSSR count). The van der Waals surface area contributed by atoms with E-state index in [0.717, 1.165) is 0 Å². The van der Waals surface area contributed by atoms with E-state index in [-0.39, 0.29) is 7.43 Å². The first-order valence-electron chi connectivity index (χ1n) is 0.548. The second-order valence-corrected chi connectivity index (χ2v) is 0.224. The number of hydrogen-bond donors (Lipinski definition) is 0. The van der Waals surface area contributed by atoms with E-state index in [2.05, 4.69) is 0 Å². The molecule has 0 amide bonds. The van der Waals surface area contributed by atoms with Gasteiger partial charge in [0.25, 0.3) is 0 Å². The lowest BCUT2D eigenvalue weighted by atomic mass is 12.0. The Morgan fingerprint density at radius 2 is 1.40 bits per heavy atom.